The highest BCUT2D eigenvalue weighted by Gasteiger charge is 2.21. The van der Waals surface area contributed by atoms with Crippen LogP contribution in [0, 0.1) is 5.82 Å². The van der Waals surface area contributed by atoms with Crippen LogP contribution in [0.2, 0.25) is 0 Å². The van der Waals surface area contributed by atoms with Gasteiger partial charge in [0.25, 0.3) is 0 Å². The molecule has 0 bridgehead atoms. The first-order chi connectivity index (χ1) is 17.1. The van der Waals surface area contributed by atoms with Gasteiger partial charge in [0.15, 0.2) is 17.1 Å². The number of aromatic amines is 2. The molecule has 9 nitrogen and oxygen atoms in total. The first kappa shape index (κ1) is 20.8. The topological polar surface area (TPSA) is 121 Å². The minimum atomic E-state index is -0.454. The predicted octanol–water partition coefficient (Wildman–Crippen LogP) is 4.98. The van der Waals surface area contributed by atoms with Crippen molar-refractivity contribution in [1.29, 1.82) is 0 Å². The molecule has 6 heterocycles. The number of hydrogen-bond acceptors (Lipinski definition) is 7. The third-order valence-corrected chi connectivity index (χ3v) is 5.63. The maximum Gasteiger partial charge on any atom is 0.161 e. The Kier molecular flexibility index (Phi) is 4.91. The van der Waals surface area contributed by atoms with Gasteiger partial charge in [0.05, 0.1) is 11.1 Å². The normalized spacial score (nSPS) is 11.5. The van der Waals surface area contributed by atoms with Crippen LogP contribution in [0.4, 0.5) is 10.1 Å². The fraction of sp³-hybridized carbons (Fsp3) is 0.120. The molecule has 0 aliphatic carbocycles. The number of hydrogen-bond donors (Lipinski definition) is 3. The summed E-state index contributed by atoms with van der Waals surface area (Å²) in [6.07, 6.45) is 9.95. The Labute approximate surface area is 198 Å². The lowest BCUT2D eigenvalue weighted by molar-refractivity contribution is 0.642. The van der Waals surface area contributed by atoms with E-state index >= 15 is 4.39 Å². The van der Waals surface area contributed by atoms with Crippen molar-refractivity contribution in [3.8, 4) is 33.8 Å². The molecule has 172 valence electrons. The molecule has 0 aliphatic rings. The number of rotatable bonds is 5. The zero-order valence-corrected chi connectivity index (χ0v) is 18.9. The third kappa shape index (κ3) is 3.65. The Balaban J connectivity index is 1.49. The Morgan fingerprint density at radius 2 is 1.74 bits per heavy atom. The smallest absolute Gasteiger partial charge is 0.161 e. The van der Waals surface area contributed by atoms with Crippen molar-refractivity contribution in [1.82, 2.24) is 40.1 Å². The molecule has 6 rings (SSSR count). The number of imidazole rings is 1. The van der Waals surface area contributed by atoms with Crippen molar-refractivity contribution in [2.45, 2.75) is 19.9 Å². The lowest BCUT2D eigenvalue weighted by Crippen LogP contribution is -2.09. The Morgan fingerprint density at radius 3 is 2.57 bits per heavy atom. The molecule has 6 aromatic rings. The minimum Gasteiger partial charge on any atom is -0.382 e. The molecular formula is C25H20FN9. The maximum absolute atomic E-state index is 15.9. The van der Waals surface area contributed by atoms with Crippen LogP contribution in [0.25, 0.3) is 56.0 Å². The summed E-state index contributed by atoms with van der Waals surface area (Å²) in [6.45, 7) is 4.06. The van der Waals surface area contributed by atoms with Gasteiger partial charge >= 0.3 is 0 Å². The summed E-state index contributed by atoms with van der Waals surface area (Å²) >= 11 is 0. The molecule has 0 amide bonds. The molecule has 6 aromatic heterocycles. The van der Waals surface area contributed by atoms with E-state index in [4.69, 9.17) is 4.98 Å². The van der Waals surface area contributed by atoms with Crippen LogP contribution >= 0.6 is 0 Å². The number of anilines is 1. The van der Waals surface area contributed by atoms with Crippen molar-refractivity contribution in [3.05, 3.63) is 67.3 Å². The van der Waals surface area contributed by atoms with Crippen molar-refractivity contribution >= 4 is 27.9 Å². The van der Waals surface area contributed by atoms with Gasteiger partial charge < -0.3 is 10.3 Å². The molecule has 0 fully saturated rings. The van der Waals surface area contributed by atoms with E-state index in [0.717, 1.165) is 16.8 Å². The van der Waals surface area contributed by atoms with Crippen molar-refractivity contribution in [3.63, 3.8) is 0 Å². The zero-order valence-electron chi connectivity index (χ0n) is 18.9. The van der Waals surface area contributed by atoms with Crippen LogP contribution in [0.5, 0.6) is 0 Å². The highest BCUT2D eigenvalue weighted by molar-refractivity contribution is 5.96. The Hall–Kier alpha value is -4.73. The fourth-order valence-corrected chi connectivity index (χ4v) is 4.11. The summed E-state index contributed by atoms with van der Waals surface area (Å²) in [5.74, 6) is -0.0588. The quantitative estimate of drug-likeness (QED) is 0.328. The summed E-state index contributed by atoms with van der Waals surface area (Å²) in [5.41, 5.74) is 5.47. The van der Waals surface area contributed by atoms with Gasteiger partial charge in [0, 0.05) is 59.9 Å². The van der Waals surface area contributed by atoms with E-state index < -0.39 is 5.82 Å². The van der Waals surface area contributed by atoms with Gasteiger partial charge in [-0.05, 0) is 43.7 Å². The number of aromatic nitrogens is 8. The van der Waals surface area contributed by atoms with Crippen LogP contribution in [-0.2, 0) is 0 Å². The van der Waals surface area contributed by atoms with E-state index in [1.807, 2.05) is 38.1 Å². The van der Waals surface area contributed by atoms with Gasteiger partial charge in [-0.15, -0.1) is 0 Å². The maximum atomic E-state index is 15.9. The largest absolute Gasteiger partial charge is 0.382 e. The van der Waals surface area contributed by atoms with Crippen LogP contribution in [0.1, 0.15) is 13.8 Å². The molecule has 0 saturated carbocycles. The SMILES string of the molecule is CC(C)Nc1cncc(-c2cnc3[nH]nc(-c4nc5c(-c6ccncc6)ccnc5[nH]4)c3c2F)c1. The molecule has 3 N–H and O–H groups in total. The molecule has 10 heteroatoms. The predicted molar refractivity (Wildman–Crippen MR) is 132 cm³/mol. The minimum absolute atomic E-state index is 0.219. The summed E-state index contributed by atoms with van der Waals surface area (Å²) < 4.78 is 15.9. The molecule has 0 radical (unpaired) electrons. The molecule has 0 unspecified atom stereocenters. The molecule has 0 saturated heterocycles. The molecule has 0 aromatic carbocycles. The second-order valence-corrected chi connectivity index (χ2v) is 8.42. The Bertz CT molecular complexity index is 1670. The monoisotopic (exact) mass is 465 g/mol. The highest BCUT2D eigenvalue weighted by Crippen LogP contribution is 2.34. The lowest BCUT2D eigenvalue weighted by atomic mass is 10.1. The summed E-state index contributed by atoms with van der Waals surface area (Å²) in [6, 6.07) is 7.76. The zero-order chi connectivity index (χ0) is 23.9. The van der Waals surface area contributed by atoms with E-state index in [1.54, 1.807) is 31.0 Å². The second kappa shape index (κ2) is 8.24. The number of H-pyrrole nitrogens is 2. The molecule has 0 atom stereocenters. The molecule has 0 spiro atoms. The van der Waals surface area contributed by atoms with E-state index in [9.17, 15) is 0 Å². The van der Waals surface area contributed by atoms with Gasteiger partial charge in [0.2, 0.25) is 0 Å². The third-order valence-electron chi connectivity index (χ3n) is 5.63. The van der Waals surface area contributed by atoms with Gasteiger partial charge in [-0.2, -0.15) is 5.10 Å². The highest BCUT2D eigenvalue weighted by atomic mass is 19.1. The fourth-order valence-electron chi connectivity index (χ4n) is 4.11. The number of fused-ring (bicyclic) bond motifs is 2. The average Bonchev–Trinajstić information content (AvgIpc) is 3.49. The lowest BCUT2D eigenvalue weighted by Gasteiger charge is -2.11. The molecule has 0 aliphatic heterocycles. The van der Waals surface area contributed by atoms with Gasteiger partial charge in [-0.1, -0.05) is 0 Å². The van der Waals surface area contributed by atoms with Crippen LogP contribution < -0.4 is 5.32 Å². The first-order valence-electron chi connectivity index (χ1n) is 11.1. The van der Waals surface area contributed by atoms with E-state index in [0.29, 0.717) is 39.5 Å². The Morgan fingerprint density at radius 1 is 0.886 bits per heavy atom. The summed E-state index contributed by atoms with van der Waals surface area (Å²) in [4.78, 5) is 25.1. The van der Waals surface area contributed by atoms with Gasteiger partial charge in [-0.3, -0.25) is 15.1 Å². The standard InChI is InChI=1S/C25H20FN9/c1-13(2)31-16-9-15(10-28-11-16)18-12-30-23-19(20(18)26)22(34-35-23)25-32-21-17(5-8-29-24(21)33-25)14-3-6-27-7-4-14/h3-13,31H,1-2H3,(H,29,32,33)(H,30,34,35). The van der Waals surface area contributed by atoms with E-state index in [1.165, 1.54) is 6.20 Å². The molecular weight excluding hydrogens is 445 g/mol. The van der Waals surface area contributed by atoms with Gasteiger partial charge in [-0.25, -0.2) is 19.3 Å². The van der Waals surface area contributed by atoms with E-state index in [-0.39, 0.29) is 11.4 Å². The van der Waals surface area contributed by atoms with E-state index in [2.05, 4.69) is 40.4 Å². The molecule has 35 heavy (non-hydrogen) atoms. The number of halogens is 1. The summed E-state index contributed by atoms with van der Waals surface area (Å²) in [7, 11) is 0. The van der Waals surface area contributed by atoms with Crippen molar-refractivity contribution < 1.29 is 4.39 Å². The second-order valence-electron chi connectivity index (χ2n) is 8.42. The van der Waals surface area contributed by atoms with Crippen molar-refractivity contribution in [2.24, 2.45) is 0 Å². The van der Waals surface area contributed by atoms with Gasteiger partial charge in [0.1, 0.15) is 17.0 Å². The number of nitrogens with zero attached hydrogens (tertiary/aromatic N) is 6. The van der Waals surface area contributed by atoms with Crippen LogP contribution in [0.15, 0.2) is 61.4 Å². The first-order valence-corrected chi connectivity index (χ1v) is 11.1. The van der Waals surface area contributed by atoms with Crippen LogP contribution in [0.3, 0.4) is 0 Å². The van der Waals surface area contributed by atoms with Crippen LogP contribution in [-0.4, -0.2) is 46.1 Å². The summed E-state index contributed by atoms with van der Waals surface area (Å²) in [5, 5.41) is 10.7. The number of nitrogens with one attached hydrogen (secondary N) is 3. The average molecular weight is 465 g/mol. The number of pyridine rings is 4. The van der Waals surface area contributed by atoms with Crippen molar-refractivity contribution in [2.75, 3.05) is 5.32 Å².